The normalized spacial score (nSPS) is 11.6. The zero-order chi connectivity index (χ0) is 18.4. The highest BCUT2D eigenvalue weighted by Crippen LogP contribution is 2.15. The minimum atomic E-state index is -0.655. The van der Waals surface area contributed by atoms with Crippen molar-refractivity contribution in [1.82, 2.24) is 10.2 Å². The van der Waals surface area contributed by atoms with Crippen LogP contribution in [-0.2, 0) is 0 Å². The molecule has 26 heavy (non-hydrogen) atoms. The summed E-state index contributed by atoms with van der Waals surface area (Å²) in [5, 5.41) is 23.9. The standard InChI is InChI=1S/C20H20N4O2/c1-14-6-5-7-15(12-14)18(25)13-21-19-11-10-17(23-24-19)20(26)22-16-8-3-2-4-9-16/h2-12,18,25H,13H2,1H3,(H,21,24)(H,22,26). The van der Waals surface area contributed by atoms with Gasteiger partial charge >= 0.3 is 0 Å². The molecule has 1 aromatic heterocycles. The summed E-state index contributed by atoms with van der Waals surface area (Å²) in [5.74, 6) is 0.169. The molecule has 1 unspecified atom stereocenters. The molecule has 0 saturated heterocycles. The molecule has 0 aliphatic carbocycles. The molecule has 2 aromatic carbocycles. The molecule has 0 spiro atoms. The van der Waals surface area contributed by atoms with Crippen LogP contribution in [-0.4, -0.2) is 27.8 Å². The van der Waals surface area contributed by atoms with Crippen LogP contribution in [0.2, 0.25) is 0 Å². The summed E-state index contributed by atoms with van der Waals surface area (Å²) in [6.45, 7) is 2.28. The molecule has 1 amide bonds. The van der Waals surface area contributed by atoms with Gasteiger partial charge in [-0.15, -0.1) is 10.2 Å². The van der Waals surface area contributed by atoms with E-state index in [-0.39, 0.29) is 11.6 Å². The molecule has 0 aliphatic rings. The van der Waals surface area contributed by atoms with Crippen molar-refractivity contribution in [2.75, 3.05) is 17.2 Å². The molecule has 0 saturated carbocycles. The molecule has 0 aliphatic heterocycles. The van der Waals surface area contributed by atoms with E-state index in [0.29, 0.717) is 18.1 Å². The van der Waals surface area contributed by atoms with Crippen molar-refractivity contribution in [1.29, 1.82) is 0 Å². The summed E-state index contributed by atoms with van der Waals surface area (Å²) in [5.41, 5.74) is 2.85. The Labute approximate surface area is 151 Å². The fourth-order valence-electron chi connectivity index (χ4n) is 2.46. The lowest BCUT2D eigenvalue weighted by Crippen LogP contribution is -2.16. The maximum Gasteiger partial charge on any atom is 0.276 e. The zero-order valence-electron chi connectivity index (χ0n) is 14.4. The number of aromatic nitrogens is 2. The molecule has 0 bridgehead atoms. The van der Waals surface area contributed by atoms with Crippen LogP contribution in [0, 0.1) is 6.92 Å². The van der Waals surface area contributed by atoms with Gasteiger partial charge in [-0.25, -0.2) is 0 Å². The SMILES string of the molecule is Cc1cccc(C(O)CNc2ccc(C(=O)Nc3ccccc3)nn2)c1. The van der Waals surface area contributed by atoms with Gasteiger partial charge in [-0.05, 0) is 36.8 Å². The third-order valence-electron chi connectivity index (χ3n) is 3.83. The number of rotatable bonds is 6. The molecular weight excluding hydrogens is 328 g/mol. The Morgan fingerprint density at radius 1 is 1.04 bits per heavy atom. The third-order valence-corrected chi connectivity index (χ3v) is 3.83. The van der Waals surface area contributed by atoms with Crippen LogP contribution in [0.1, 0.15) is 27.7 Å². The van der Waals surface area contributed by atoms with Gasteiger partial charge in [0.25, 0.3) is 5.91 Å². The Kier molecular flexibility index (Phi) is 5.56. The second-order valence-corrected chi connectivity index (χ2v) is 5.93. The number of nitrogens with zero attached hydrogens (tertiary/aromatic N) is 2. The number of para-hydroxylation sites is 1. The quantitative estimate of drug-likeness (QED) is 0.637. The van der Waals surface area contributed by atoms with Crippen molar-refractivity contribution in [2.45, 2.75) is 13.0 Å². The van der Waals surface area contributed by atoms with Gasteiger partial charge in [0.15, 0.2) is 5.69 Å². The van der Waals surface area contributed by atoms with Crippen LogP contribution in [0.5, 0.6) is 0 Å². The van der Waals surface area contributed by atoms with Crippen LogP contribution in [0.15, 0.2) is 66.7 Å². The molecule has 3 rings (SSSR count). The summed E-state index contributed by atoms with van der Waals surface area (Å²) in [7, 11) is 0. The lowest BCUT2D eigenvalue weighted by Gasteiger charge is -2.13. The number of amides is 1. The van der Waals surface area contributed by atoms with Crippen LogP contribution >= 0.6 is 0 Å². The van der Waals surface area contributed by atoms with Crippen LogP contribution in [0.25, 0.3) is 0 Å². The molecule has 6 nitrogen and oxygen atoms in total. The third kappa shape index (κ3) is 4.64. The Bertz CT molecular complexity index is 866. The largest absolute Gasteiger partial charge is 0.387 e. The topological polar surface area (TPSA) is 87.1 Å². The number of hydrogen-bond acceptors (Lipinski definition) is 5. The minimum Gasteiger partial charge on any atom is -0.387 e. The van der Waals surface area contributed by atoms with Crippen molar-refractivity contribution in [2.24, 2.45) is 0 Å². The first-order valence-electron chi connectivity index (χ1n) is 8.30. The van der Waals surface area contributed by atoms with Crippen molar-refractivity contribution in [3.05, 3.63) is 83.6 Å². The lowest BCUT2D eigenvalue weighted by atomic mass is 10.1. The van der Waals surface area contributed by atoms with E-state index >= 15 is 0 Å². The van der Waals surface area contributed by atoms with Crippen LogP contribution in [0.4, 0.5) is 11.5 Å². The van der Waals surface area contributed by atoms with E-state index in [1.54, 1.807) is 24.3 Å². The fraction of sp³-hybridized carbons (Fsp3) is 0.150. The van der Waals surface area contributed by atoms with Gasteiger partial charge < -0.3 is 15.7 Å². The van der Waals surface area contributed by atoms with Gasteiger partial charge in [-0.1, -0.05) is 48.0 Å². The molecule has 6 heteroatoms. The Balaban J connectivity index is 1.56. The number of aliphatic hydroxyl groups excluding tert-OH is 1. The Morgan fingerprint density at radius 2 is 1.85 bits per heavy atom. The summed E-state index contributed by atoms with van der Waals surface area (Å²) >= 11 is 0. The summed E-state index contributed by atoms with van der Waals surface area (Å²) in [4.78, 5) is 12.1. The monoisotopic (exact) mass is 348 g/mol. The number of benzene rings is 2. The maximum absolute atomic E-state index is 12.1. The summed E-state index contributed by atoms with van der Waals surface area (Å²) < 4.78 is 0. The van der Waals surface area contributed by atoms with E-state index in [1.807, 2.05) is 49.4 Å². The number of aryl methyl sites for hydroxylation is 1. The van der Waals surface area contributed by atoms with Crippen molar-refractivity contribution in [3.8, 4) is 0 Å². The molecule has 1 atom stereocenters. The summed E-state index contributed by atoms with van der Waals surface area (Å²) in [6, 6.07) is 20.1. The second kappa shape index (κ2) is 8.22. The van der Waals surface area contributed by atoms with Gasteiger partial charge in [-0.3, -0.25) is 4.79 Å². The van der Waals surface area contributed by atoms with E-state index in [4.69, 9.17) is 0 Å². The smallest absolute Gasteiger partial charge is 0.276 e. The number of aliphatic hydroxyl groups is 1. The number of anilines is 2. The molecule has 3 N–H and O–H groups in total. The van der Waals surface area contributed by atoms with Crippen molar-refractivity contribution < 1.29 is 9.90 Å². The molecule has 0 fully saturated rings. The molecule has 1 heterocycles. The fourth-order valence-corrected chi connectivity index (χ4v) is 2.46. The van der Waals surface area contributed by atoms with E-state index < -0.39 is 6.10 Å². The van der Waals surface area contributed by atoms with Crippen molar-refractivity contribution in [3.63, 3.8) is 0 Å². The van der Waals surface area contributed by atoms with E-state index in [2.05, 4.69) is 20.8 Å². The first-order chi connectivity index (χ1) is 12.6. The number of hydrogen-bond donors (Lipinski definition) is 3. The highest BCUT2D eigenvalue weighted by molar-refractivity contribution is 6.02. The van der Waals surface area contributed by atoms with Gasteiger partial charge in [0.1, 0.15) is 5.82 Å². The summed E-state index contributed by atoms with van der Waals surface area (Å²) in [6.07, 6.45) is -0.655. The lowest BCUT2D eigenvalue weighted by molar-refractivity contribution is 0.102. The Hall–Kier alpha value is -3.25. The average molecular weight is 348 g/mol. The average Bonchev–Trinajstić information content (AvgIpc) is 2.67. The molecule has 0 radical (unpaired) electrons. The maximum atomic E-state index is 12.1. The molecule has 132 valence electrons. The highest BCUT2D eigenvalue weighted by Gasteiger charge is 2.10. The molecule has 3 aromatic rings. The van der Waals surface area contributed by atoms with Gasteiger partial charge in [0, 0.05) is 12.2 Å². The van der Waals surface area contributed by atoms with Crippen molar-refractivity contribution >= 4 is 17.4 Å². The zero-order valence-corrected chi connectivity index (χ0v) is 14.4. The van der Waals surface area contributed by atoms with E-state index in [1.165, 1.54) is 0 Å². The van der Waals surface area contributed by atoms with Crippen LogP contribution in [0.3, 0.4) is 0 Å². The van der Waals surface area contributed by atoms with E-state index in [0.717, 1.165) is 11.1 Å². The number of carbonyl (C=O) groups excluding carboxylic acids is 1. The predicted molar refractivity (Wildman–Crippen MR) is 101 cm³/mol. The second-order valence-electron chi connectivity index (χ2n) is 5.93. The van der Waals surface area contributed by atoms with Gasteiger partial charge in [0.2, 0.25) is 0 Å². The number of nitrogens with one attached hydrogen (secondary N) is 2. The predicted octanol–water partition coefficient (Wildman–Crippen LogP) is 3.18. The van der Waals surface area contributed by atoms with Gasteiger partial charge in [-0.2, -0.15) is 0 Å². The Morgan fingerprint density at radius 3 is 2.54 bits per heavy atom. The first kappa shape index (κ1) is 17.6. The minimum absolute atomic E-state index is 0.221. The highest BCUT2D eigenvalue weighted by atomic mass is 16.3. The molecular formula is C20H20N4O2. The van der Waals surface area contributed by atoms with E-state index in [9.17, 15) is 9.90 Å². The first-order valence-corrected chi connectivity index (χ1v) is 8.30. The van der Waals surface area contributed by atoms with Crippen LogP contribution < -0.4 is 10.6 Å². The number of carbonyl (C=O) groups is 1. The van der Waals surface area contributed by atoms with Gasteiger partial charge in [0.05, 0.1) is 6.10 Å².